The van der Waals surface area contributed by atoms with Crippen molar-refractivity contribution in [2.24, 2.45) is 11.7 Å². The van der Waals surface area contributed by atoms with Gasteiger partial charge in [0.05, 0.1) is 57.8 Å². The zero-order chi connectivity index (χ0) is 26.2. The number of carboxylic acids is 1. The highest BCUT2D eigenvalue weighted by Crippen LogP contribution is 2.28. The lowest BCUT2D eigenvalue weighted by Crippen LogP contribution is -2.37. The summed E-state index contributed by atoms with van der Waals surface area (Å²) in [6.07, 6.45) is 3.28. The molecular weight excluding hydrogens is 466 g/mol. The van der Waals surface area contributed by atoms with E-state index in [1.165, 1.54) is 0 Å². The van der Waals surface area contributed by atoms with Gasteiger partial charge >= 0.3 is 5.97 Å². The van der Waals surface area contributed by atoms with Gasteiger partial charge in [0.1, 0.15) is 5.75 Å². The predicted molar refractivity (Wildman–Crippen MR) is 135 cm³/mol. The lowest BCUT2D eigenvalue weighted by Gasteiger charge is -2.24. The Bertz CT molecular complexity index is 834. The molecule has 10 heteroatoms. The number of carbonyl (C=O) groups excluding carboxylic acids is 1. The third-order valence-corrected chi connectivity index (χ3v) is 5.79. The van der Waals surface area contributed by atoms with E-state index in [0.29, 0.717) is 71.3 Å². The van der Waals surface area contributed by atoms with Gasteiger partial charge in [0, 0.05) is 26.1 Å². The first-order valence-electron chi connectivity index (χ1n) is 12.7. The van der Waals surface area contributed by atoms with E-state index < -0.39 is 11.9 Å². The lowest BCUT2D eigenvalue weighted by molar-refractivity contribution is -0.145. The number of unbranched alkanes of at least 4 members (excludes halogenated alkanes) is 1. The highest BCUT2D eigenvalue weighted by molar-refractivity contribution is 5.84. The number of carboxylic acid groups (broad SMARTS) is 1. The van der Waals surface area contributed by atoms with E-state index >= 15 is 0 Å². The second-order valence-corrected chi connectivity index (χ2v) is 8.86. The molecular formula is C26H41N3O7. The number of carbonyl (C=O) groups is 2. The van der Waals surface area contributed by atoms with Crippen LogP contribution in [0.1, 0.15) is 50.2 Å². The van der Waals surface area contributed by atoms with E-state index in [1.54, 1.807) is 4.90 Å². The minimum Gasteiger partial charge on any atom is -0.494 e. The van der Waals surface area contributed by atoms with E-state index in [1.807, 2.05) is 18.2 Å². The summed E-state index contributed by atoms with van der Waals surface area (Å²) >= 11 is 0. The number of rotatable bonds is 19. The second kappa shape index (κ2) is 16.9. The molecule has 1 atom stereocenters. The normalized spacial score (nSPS) is 15.4. The Morgan fingerprint density at radius 2 is 1.75 bits per heavy atom. The summed E-state index contributed by atoms with van der Waals surface area (Å²) in [7, 11) is 0. The quantitative estimate of drug-likeness (QED) is 0.147. The summed E-state index contributed by atoms with van der Waals surface area (Å²) in [6, 6.07) is 5.71. The number of fused-ring (bicyclic) bond motifs is 1. The maximum atomic E-state index is 13.1. The number of aliphatic carboxylic acids is 1. The maximum Gasteiger partial charge on any atom is 0.304 e. The number of nitrogens with zero attached hydrogens (tertiary/aromatic N) is 1. The van der Waals surface area contributed by atoms with Gasteiger partial charge in [0.25, 0.3) is 0 Å². The molecule has 1 heterocycles. The molecule has 0 saturated carbocycles. The number of nitrogens with one attached hydrogen (secondary N) is 1. The molecule has 0 radical (unpaired) electrons. The Labute approximate surface area is 213 Å². The topological polar surface area (TPSA) is 144 Å². The maximum absolute atomic E-state index is 13.1. The van der Waals surface area contributed by atoms with Crippen molar-refractivity contribution < 1.29 is 33.6 Å². The predicted octanol–water partition coefficient (Wildman–Crippen LogP) is 2.61. The van der Waals surface area contributed by atoms with Crippen molar-refractivity contribution in [2.45, 2.75) is 52.0 Å². The van der Waals surface area contributed by atoms with Crippen molar-refractivity contribution >= 4 is 17.7 Å². The van der Waals surface area contributed by atoms with Gasteiger partial charge < -0.3 is 34.7 Å². The van der Waals surface area contributed by atoms with Crippen molar-refractivity contribution in [3.05, 3.63) is 29.3 Å². The van der Waals surface area contributed by atoms with Crippen LogP contribution in [0.5, 0.6) is 5.75 Å². The fraction of sp³-hybridized carbons (Fsp3) is 0.654. The second-order valence-electron chi connectivity index (χ2n) is 8.86. The number of ether oxygens (including phenoxy) is 4. The number of benzene rings is 1. The Kier molecular flexibility index (Phi) is 13.9. The van der Waals surface area contributed by atoms with Crippen molar-refractivity contribution in [1.29, 1.82) is 5.41 Å². The first-order valence-corrected chi connectivity index (χ1v) is 12.7. The molecule has 10 nitrogen and oxygen atoms in total. The fourth-order valence-electron chi connectivity index (χ4n) is 3.96. The minimum absolute atomic E-state index is 0.173. The molecule has 1 aromatic carbocycles. The van der Waals surface area contributed by atoms with Crippen LogP contribution in [0.3, 0.4) is 0 Å². The summed E-state index contributed by atoms with van der Waals surface area (Å²) in [6.45, 7) is 6.30. The molecule has 1 amide bonds. The Morgan fingerprint density at radius 3 is 2.42 bits per heavy atom. The lowest BCUT2D eigenvalue weighted by atomic mass is 9.94. The number of hydrogen-bond donors (Lipinski definition) is 3. The van der Waals surface area contributed by atoms with Crippen LogP contribution >= 0.6 is 0 Å². The Balaban J connectivity index is 1.89. The van der Waals surface area contributed by atoms with Gasteiger partial charge in [-0.1, -0.05) is 13.0 Å². The van der Waals surface area contributed by atoms with Crippen LogP contribution in [-0.2, 0) is 36.8 Å². The number of amides is 1. The van der Waals surface area contributed by atoms with Crippen LogP contribution < -0.4 is 10.5 Å². The van der Waals surface area contributed by atoms with Crippen LogP contribution in [-0.4, -0.2) is 80.5 Å². The molecule has 1 aromatic rings. The molecule has 4 N–H and O–H groups in total. The first-order chi connectivity index (χ1) is 17.4. The largest absolute Gasteiger partial charge is 0.494 e. The zero-order valence-electron chi connectivity index (χ0n) is 21.3. The van der Waals surface area contributed by atoms with Crippen molar-refractivity contribution in [3.63, 3.8) is 0 Å². The average Bonchev–Trinajstić information content (AvgIpc) is 2.96. The number of amidine groups is 1. The van der Waals surface area contributed by atoms with Crippen LogP contribution in [0.4, 0.5) is 0 Å². The van der Waals surface area contributed by atoms with Crippen molar-refractivity contribution in [1.82, 2.24) is 4.90 Å². The highest BCUT2D eigenvalue weighted by Gasteiger charge is 2.31. The van der Waals surface area contributed by atoms with Gasteiger partial charge in [-0.15, -0.1) is 0 Å². The standard InChI is InChI=1S/C26H41N3O7/c1-2-9-33-12-14-35-15-13-34-11-8-29-19-22-17-23(36-10-4-3-5-24(27)28)7-6-20(22)16-21(26(29)32)18-25(30)31/h6-7,17,21H,2-5,8-16,18-19H2,1H3,(H3,27,28)(H,30,31)/t21-/m0/s1. The highest BCUT2D eigenvalue weighted by atomic mass is 16.5. The van der Waals surface area contributed by atoms with Crippen LogP contribution in [0.15, 0.2) is 18.2 Å². The van der Waals surface area contributed by atoms with Gasteiger partial charge in [-0.2, -0.15) is 0 Å². The third-order valence-electron chi connectivity index (χ3n) is 5.79. The number of hydrogen-bond acceptors (Lipinski definition) is 7. The average molecular weight is 508 g/mol. The Hall–Kier alpha value is -2.69. The zero-order valence-corrected chi connectivity index (χ0v) is 21.3. The molecule has 0 unspecified atom stereocenters. The summed E-state index contributed by atoms with van der Waals surface area (Å²) in [4.78, 5) is 26.2. The van der Waals surface area contributed by atoms with Crippen molar-refractivity contribution in [3.8, 4) is 5.75 Å². The fourth-order valence-corrected chi connectivity index (χ4v) is 3.96. The number of nitrogens with two attached hydrogens (primary N) is 1. The monoisotopic (exact) mass is 507 g/mol. The van der Waals surface area contributed by atoms with Gasteiger partial charge in [-0.05, 0) is 48.9 Å². The molecule has 0 aromatic heterocycles. The SMILES string of the molecule is CCCOCCOCCOCCN1Cc2cc(OCCCCC(=N)N)ccc2C[C@@H](CC(=O)O)C1=O. The van der Waals surface area contributed by atoms with Crippen LogP contribution in [0.25, 0.3) is 0 Å². The third kappa shape index (κ3) is 11.4. The van der Waals surface area contributed by atoms with E-state index in [2.05, 4.69) is 6.92 Å². The molecule has 0 saturated heterocycles. The van der Waals surface area contributed by atoms with Gasteiger partial charge in [0.15, 0.2) is 0 Å². The smallest absolute Gasteiger partial charge is 0.304 e. The van der Waals surface area contributed by atoms with Gasteiger partial charge in [-0.3, -0.25) is 15.0 Å². The molecule has 36 heavy (non-hydrogen) atoms. The summed E-state index contributed by atoms with van der Waals surface area (Å²) in [5.41, 5.74) is 7.29. The summed E-state index contributed by atoms with van der Waals surface area (Å²) in [5, 5.41) is 16.6. The molecule has 1 aliphatic heterocycles. The van der Waals surface area contributed by atoms with E-state index in [9.17, 15) is 14.7 Å². The summed E-state index contributed by atoms with van der Waals surface area (Å²) in [5.74, 6) is -0.897. The van der Waals surface area contributed by atoms with Gasteiger partial charge in [0.2, 0.25) is 5.91 Å². The summed E-state index contributed by atoms with van der Waals surface area (Å²) < 4.78 is 22.3. The minimum atomic E-state index is -0.987. The van der Waals surface area contributed by atoms with E-state index in [4.69, 9.17) is 30.1 Å². The van der Waals surface area contributed by atoms with E-state index in [-0.39, 0.29) is 18.2 Å². The molecule has 0 aliphatic carbocycles. The van der Waals surface area contributed by atoms with Crippen molar-refractivity contribution in [2.75, 3.05) is 52.8 Å². The molecule has 1 aliphatic rings. The molecule has 2 rings (SSSR count). The molecule has 0 spiro atoms. The van der Waals surface area contributed by atoms with Gasteiger partial charge in [-0.25, -0.2) is 0 Å². The van der Waals surface area contributed by atoms with E-state index in [0.717, 1.165) is 37.0 Å². The first kappa shape index (κ1) is 29.5. The molecule has 202 valence electrons. The molecule has 0 fully saturated rings. The molecule has 0 bridgehead atoms. The van der Waals surface area contributed by atoms with Crippen LogP contribution in [0.2, 0.25) is 0 Å². The van der Waals surface area contributed by atoms with Crippen LogP contribution in [0, 0.1) is 11.3 Å². The Morgan fingerprint density at radius 1 is 1.06 bits per heavy atom.